The van der Waals surface area contributed by atoms with Crippen LogP contribution < -0.4 is 40.5 Å². The molecule has 7 aromatic rings. The van der Waals surface area contributed by atoms with Gasteiger partial charge >= 0.3 is 0 Å². The first-order chi connectivity index (χ1) is 31.1. The van der Waals surface area contributed by atoms with Gasteiger partial charge in [-0.1, -0.05) is 6.07 Å². The van der Waals surface area contributed by atoms with Crippen LogP contribution in [-0.4, -0.2) is 49.5 Å². The monoisotopic (exact) mass is 848 g/mol. The Morgan fingerprint density at radius 2 is 0.859 bits per heavy atom. The van der Waals surface area contributed by atoms with Crippen LogP contribution in [0, 0.1) is 0 Å². The zero-order valence-electron chi connectivity index (χ0n) is 34.2. The summed E-state index contributed by atoms with van der Waals surface area (Å²) in [5.41, 5.74) is 5.00. The lowest BCUT2D eigenvalue weighted by atomic mass is 10.1. The third-order valence-electron chi connectivity index (χ3n) is 10.7. The smallest absolute Gasteiger partial charge is 0.269 e. The van der Waals surface area contributed by atoms with Gasteiger partial charge in [0.15, 0.2) is 0 Å². The predicted octanol–water partition coefficient (Wildman–Crippen LogP) is 9.46. The van der Waals surface area contributed by atoms with Crippen LogP contribution in [0.5, 0.6) is 23.0 Å². The molecule has 0 saturated carbocycles. The first-order valence-corrected chi connectivity index (χ1v) is 20.0. The van der Waals surface area contributed by atoms with Gasteiger partial charge in [-0.25, -0.2) is 9.80 Å². The maximum absolute atomic E-state index is 13.8. The maximum Gasteiger partial charge on any atom is 0.269 e. The Bertz CT molecular complexity index is 3010. The molecule has 64 heavy (non-hydrogen) atoms. The summed E-state index contributed by atoms with van der Waals surface area (Å²) in [5.74, 6) is -1.52. The first kappa shape index (κ1) is 40.4. The molecule has 0 bridgehead atoms. The average Bonchev–Trinajstić information content (AvgIpc) is 3.73. The fourth-order valence-corrected chi connectivity index (χ4v) is 7.30. The largest absolute Gasteiger partial charge is 0.457 e. The van der Waals surface area contributed by atoms with Gasteiger partial charge in [0.1, 0.15) is 23.0 Å². The van der Waals surface area contributed by atoms with Crippen molar-refractivity contribution in [3.63, 3.8) is 0 Å². The van der Waals surface area contributed by atoms with Gasteiger partial charge in [0.05, 0.1) is 33.6 Å². The molecule has 9 rings (SSSR count). The number of rotatable bonds is 12. The molecule has 7 aromatic carbocycles. The summed E-state index contributed by atoms with van der Waals surface area (Å²) in [6.45, 7) is 0. The van der Waals surface area contributed by atoms with Crippen LogP contribution >= 0.6 is 0 Å². The van der Waals surface area contributed by atoms with Gasteiger partial charge in [-0.15, -0.1) is 0 Å². The molecule has 0 atom stereocenters. The van der Waals surface area contributed by atoms with Gasteiger partial charge in [-0.2, -0.15) is 0 Å². The van der Waals surface area contributed by atoms with Crippen LogP contribution in [0.25, 0.3) is 0 Å². The Morgan fingerprint density at radius 1 is 0.422 bits per heavy atom. The topological polar surface area (TPSA) is 175 Å². The van der Waals surface area contributed by atoms with Crippen LogP contribution in [0.2, 0.25) is 0 Å². The average molecular weight is 849 g/mol. The van der Waals surface area contributed by atoms with Crippen molar-refractivity contribution in [2.24, 2.45) is 0 Å². The Balaban J connectivity index is 0.833. The summed E-state index contributed by atoms with van der Waals surface area (Å²) >= 11 is 0. The quantitative estimate of drug-likeness (QED) is 0.0867. The Labute approximate surface area is 366 Å². The van der Waals surface area contributed by atoms with E-state index in [-0.39, 0.29) is 39.8 Å². The minimum Gasteiger partial charge on any atom is -0.457 e. The number of anilines is 6. The predicted molar refractivity (Wildman–Crippen MR) is 243 cm³/mol. The highest BCUT2D eigenvalue weighted by atomic mass is 16.5. The zero-order valence-corrected chi connectivity index (χ0v) is 34.2. The molecule has 2 aliphatic heterocycles. The third kappa shape index (κ3) is 7.74. The molecule has 0 aliphatic carbocycles. The summed E-state index contributed by atoms with van der Waals surface area (Å²) in [5, 5.41) is 11.7. The van der Waals surface area contributed by atoms with Gasteiger partial charge in [-0.3, -0.25) is 28.8 Å². The molecule has 4 N–H and O–H groups in total. The van der Waals surface area contributed by atoms with Crippen molar-refractivity contribution in [3.05, 3.63) is 191 Å². The van der Waals surface area contributed by atoms with E-state index < -0.39 is 23.6 Å². The van der Waals surface area contributed by atoms with E-state index in [2.05, 4.69) is 21.3 Å². The molecular weight excluding hydrogens is 813 g/mol. The molecule has 0 fully saturated rings. The van der Waals surface area contributed by atoms with Gasteiger partial charge in [0, 0.05) is 48.0 Å². The van der Waals surface area contributed by atoms with E-state index in [4.69, 9.17) is 9.47 Å². The lowest BCUT2D eigenvalue weighted by molar-refractivity contribution is 0.0910. The van der Waals surface area contributed by atoms with Crippen LogP contribution in [0.4, 0.5) is 34.1 Å². The van der Waals surface area contributed by atoms with Gasteiger partial charge in [0.25, 0.3) is 35.4 Å². The normalized spacial score (nSPS) is 12.7. The van der Waals surface area contributed by atoms with Crippen molar-refractivity contribution in [1.29, 1.82) is 0 Å². The van der Waals surface area contributed by atoms with Crippen molar-refractivity contribution in [3.8, 4) is 23.0 Å². The molecule has 14 heteroatoms. The number of hydrogen-bond acceptors (Lipinski definition) is 10. The lowest BCUT2D eigenvalue weighted by Gasteiger charge is -2.15. The zero-order chi connectivity index (χ0) is 44.5. The Kier molecular flexibility index (Phi) is 10.6. The number of imide groups is 2. The molecule has 2 heterocycles. The molecule has 0 unspecified atom stereocenters. The lowest BCUT2D eigenvalue weighted by Crippen LogP contribution is -2.29. The summed E-state index contributed by atoms with van der Waals surface area (Å²) in [6, 6.07) is 42.7. The van der Waals surface area contributed by atoms with E-state index in [1.165, 1.54) is 12.1 Å². The second-order valence-corrected chi connectivity index (χ2v) is 14.6. The Hall–Kier alpha value is -9.04. The number of fused-ring (bicyclic) bond motifs is 2. The molecule has 6 amide bonds. The summed E-state index contributed by atoms with van der Waals surface area (Å²) in [4.78, 5) is 82.0. The van der Waals surface area contributed by atoms with E-state index in [9.17, 15) is 28.8 Å². The van der Waals surface area contributed by atoms with E-state index in [1.54, 1.807) is 148 Å². The number of hydrogen-bond donors (Lipinski definition) is 4. The Morgan fingerprint density at radius 3 is 1.44 bits per heavy atom. The van der Waals surface area contributed by atoms with E-state index in [1.807, 2.05) is 12.1 Å². The van der Waals surface area contributed by atoms with Gasteiger partial charge < -0.3 is 30.7 Å². The highest BCUT2D eigenvalue weighted by molar-refractivity contribution is 6.36. The van der Waals surface area contributed by atoms with E-state index >= 15 is 0 Å². The fourth-order valence-electron chi connectivity index (χ4n) is 7.30. The second kappa shape index (κ2) is 16.8. The van der Waals surface area contributed by atoms with Crippen molar-refractivity contribution >= 4 is 69.6 Å². The van der Waals surface area contributed by atoms with Crippen LogP contribution in [0.15, 0.2) is 158 Å². The number of nitrogens with zero attached hydrogens (tertiary/aromatic N) is 2. The minimum atomic E-state index is -0.563. The molecule has 0 radical (unpaired) electrons. The standard InChI is InChI=1S/C50H36N6O8/c1-51-31-10-6-29(7-11-31)45(57)54-34-16-20-36(21-17-34)56-48(60)41-4-3-5-43(44(41)50(56)62)64-38-24-22-37(23-25-38)63-39-26-27-40-42(28-39)49(61)55(47(40)59)35-18-8-30(9-19-35)46(58)53-33-14-12-32(52-2)13-15-33/h3-28,51-52H,1-2H3,(H,53,58)(H,54,57). The number of amides is 6. The van der Waals surface area contributed by atoms with Gasteiger partial charge in [-0.05, 0) is 152 Å². The number of carbonyl (C=O) groups excluding carboxylic acids is 6. The second-order valence-electron chi connectivity index (χ2n) is 14.6. The first-order valence-electron chi connectivity index (χ1n) is 20.0. The summed E-state index contributed by atoms with van der Waals surface area (Å²) in [6.07, 6.45) is 0. The molecule has 314 valence electrons. The van der Waals surface area contributed by atoms with Gasteiger partial charge in [0.2, 0.25) is 0 Å². The highest BCUT2D eigenvalue weighted by Crippen LogP contribution is 2.38. The van der Waals surface area contributed by atoms with Crippen LogP contribution in [0.1, 0.15) is 62.1 Å². The number of carbonyl (C=O) groups is 6. The molecule has 0 saturated heterocycles. The van der Waals surface area contributed by atoms with Crippen molar-refractivity contribution in [1.82, 2.24) is 0 Å². The SMILES string of the molecule is CNc1ccc(NC(=O)c2ccc(N3C(=O)c4ccc(Oc5ccc(Oc6cccc7c6C(=O)N(c6ccc(NC(=O)c8ccc(NC)cc8)cc6)C7=O)cc5)cc4C3=O)cc2)cc1. The molecule has 0 spiro atoms. The summed E-state index contributed by atoms with van der Waals surface area (Å²) in [7, 11) is 3.59. The molecular formula is C50H36N6O8. The van der Waals surface area contributed by atoms with Crippen molar-refractivity contribution in [2.45, 2.75) is 0 Å². The fraction of sp³-hybridized carbons (Fsp3) is 0.0400. The van der Waals surface area contributed by atoms with E-state index in [0.717, 1.165) is 21.2 Å². The number of benzene rings is 7. The number of nitrogens with one attached hydrogen (secondary N) is 4. The molecule has 2 aliphatic rings. The molecule has 0 aromatic heterocycles. The minimum absolute atomic E-state index is 0.106. The maximum atomic E-state index is 13.8. The third-order valence-corrected chi connectivity index (χ3v) is 10.7. The van der Waals surface area contributed by atoms with Crippen molar-refractivity contribution < 1.29 is 38.2 Å². The van der Waals surface area contributed by atoms with Crippen LogP contribution in [-0.2, 0) is 0 Å². The van der Waals surface area contributed by atoms with Crippen LogP contribution in [0.3, 0.4) is 0 Å². The number of ether oxygens (including phenoxy) is 2. The van der Waals surface area contributed by atoms with E-state index in [0.29, 0.717) is 51.1 Å². The van der Waals surface area contributed by atoms with Crippen molar-refractivity contribution in [2.75, 3.05) is 45.2 Å². The summed E-state index contributed by atoms with van der Waals surface area (Å²) < 4.78 is 12.2. The molecule has 14 nitrogen and oxygen atoms in total. The highest BCUT2D eigenvalue weighted by Gasteiger charge is 2.40.